The first-order valence-electron chi connectivity index (χ1n) is 13.0. The molecule has 0 aromatic carbocycles. The van der Waals surface area contributed by atoms with Gasteiger partial charge in [0.15, 0.2) is 0 Å². The van der Waals surface area contributed by atoms with Gasteiger partial charge in [0.25, 0.3) is 0 Å². The smallest absolute Gasteiger partial charge is 0.334 e. The Kier molecular flexibility index (Phi) is 86.2. The van der Waals surface area contributed by atoms with E-state index in [9.17, 15) is 14.4 Å². The zero-order chi connectivity index (χ0) is 31.4. The molecule has 0 saturated heterocycles. The molecule has 0 atom stereocenters. The van der Waals surface area contributed by atoms with Crippen LogP contribution in [0.15, 0.2) is 0 Å². The van der Waals surface area contributed by atoms with Gasteiger partial charge in [-0.05, 0) is 6.61 Å². The van der Waals surface area contributed by atoms with Crippen molar-refractivity contribution in [3.05, 3.63) is 6.92 Å². The van der Waals surface area contributed by atoms with E-state index in [-0.39, 0.29) is 85.8 Å². The summed E-state index contributed by atoms with van der Waals surface area (Å²) in [5.41, 5.74) is 3.06. The second kappa shape index (κ2) is 57.0. The Labute approximate surface area is 295 Å². The number of rotatable bonds is 16. The fourth-order valence-electron chi connectivity index (χ4n) is 1.75. The number of nitrogens with one attached hydrogen (secondary N) is 1. The van der Waals surface area contributed by atoms with Crippen LogP contribution in [0, 0.1) is 6.92 Å². The summed E-state index contributed by atoms with van der Waals surface area (Å²) in [5, 5.41) is 0. The second-order valence-electron chi connectivity index (χ2n) is 8.13. The molecule has 1 N–H and O–H groups in total. The van der Waals surface area contributed by atoms with E-state index in [4.69, 9.17) is 9.53 Å². The predicted octanol–water partition coefficient (Wildman–Crippen LogP) is 1.31. The summed E-state index contributed by atoms with van der Waals surface area (Å²) in [6, 6.07) is 0. The third kappa shape index (κ3) is 85.6. The molecule has 12 nitrogen and oxygen atoms in total. The van der Waals surface area contributed by atoms with Crippen LogP contribution < -0.4 is 17.8 Å². The maximum absolute atomic E-state index is 10.6. The molecule has 0 aliphatic rings. The van der Waals surface area contributed by atoms with Crippen molar-refractivity contribution >= 4 is 24.2 Å². The van der Waals surface area contributed by atoms with Crippen molar-refractivity contribution in [2.24, 2.45) is 0 Å². The van der Waals surface area contributed by atoms with Gasteiger partial charge in [0.1, 0.15) is 26.4 Å². The van der Waals surface area contributed by atoms with Gasteiger partial charge in [-0.15, -0.1) is 0 Å². The summed E-state index contributed by atoms with van der Waals surface area (Å²) in [6.45, 7) is 12.0. The number of ether oxygens (including phenoxy) is 6. The number of likely N-dealkylation sites (N-methyl/N-ethyl adjacent to an activating group) is 1. The van der Waals surface area contributed by atoms with Crippen molar-refractivity contribution in [1.29, 1.82) is 0 Å². The van der Waals surface area contributed by atoms with Gasteiger partial charge in [-0.1, -0.05) is 67.7 Å². The number of esters is 3. The summed E-state index contributed by atoms with van der Waals surface area (Å²) in [6.07, 6.45) is 9.55. The van der Waals surface area contributed by atoms with E-state index < -0.39 is 18.7 Å². The minimum Gasteiger partial charge on any atom is -1.00 e. The third-order valence-corrected chi connectivity index (χ3v) is 3.94. The van der Waals surface area contributed by atoms with Gasteiger partial charge in [0, 0.05) is 68.0 Å². The summed E-state index contributed by atoms with van der Waals surface area (Å²) in [4.78, 5) is 40.7. The largest absolute Gasteiger partial charge is 1.00 e. The molecule has 43 heavy (non-hydrogen) atoms. The monoisotopic (exact) mass is 725 g/mol. The molecule has 0 aliphatic heterocycles. The van der Waals surface area contributed by atoms with Crippen LogP contribution in [0.2, 0.25) is 0 Å². The maximum Gasteiger partial charge on any atom is 0.334 e. The first kappa shape index (κ1) is 65.0. The molecule has 14 heteroatoms. The molecule has 0 bridgehead atoms. The number of methoxy groups -OCH3 is 3. The third-order valence-electron chi connectivity index (χ3n) is 3.94. The Hall–Kier alpha value is -0.726. The van der Waals surface area contributed by atoms with E-state index >= 15 is 0 Å². The quantitative estimate of drug-likeness (QED) is 0.0617. The first-order chi connectivity index (χ1) is 18.4. The number of quaternary nitrogens is 1. The van der Waals surface area contributed by atoms with Crippen LogP contribution in [0.3, 0.4) is 0 Å². The molecular weight excluding hydrogens is 661 g/mol. The fraction of sp³-hybridized carbons (Fsp3) is 0.828. The van der Waals surface area contributed by atoms with Crippen molar-refractivity contribution in [3.63, 3.8) is 0 Å². The average Bonchev–Trinajstić information content (AvgIpc) is 2.87. The Balaban J connectivity index is -0.0000000502. The topological polar surface area (TPSA) is 136 Å². The van der Waals surface area contributed by atoms with E-state index in [2.05, 4.69) is 49.9 Å². The summed E-state index contributed by atoms with van der Waals surface area (Å²) in [5.74, 6) is -1.40. The van der Waals surface area contributed by atoms with E-state index in [0.717, 1.165) is 13.0 Å². The molecule has 0 aromatic heterocycles. The molecular formula is C29H65ClN2O10Y-2. The number of hydrogen-bond donors (Lipinski definition) is 1. The van der Waals surface area contributed by atoms with E-state index in [1.807, 2.05) is 28.1 Å². The molecule has 1 radical (unpaired) electrons. The van der Waals surface area contributed by atoms with Gasteiger partial charge >= 0.3 is 17.9 Å². The first-order valence-corrected chi connectivity index (χ1v) is 13.0. The van der Waals surface area contributed by atoms with Crippen LogP contribution in [-0.4, -0.2) is 111 Å². The minimum absolute atomic E-state index is 0. The van der Waals surface area contributed by atoms with Gasteiger partial charge in [-0.25, -0.2) is 20.5 Å². The van der Waals surface area contributed by atoms with Crippen LogP contribution in [0.1, 0.15) is 81.1 Å². The second-order valence-corrected chi connectivity index (χ2v) is 8.13. The Morgan fingerprint density at radius 3 is 1.44 bits per heavy atom. The molecule has 263 valence electrons. The number of carbonyl (C=O) groups is 3. The van der Waals surface area contributed by atoms with E-state index in [1.165, 1.54) is 60.4 Å². The maximum atomic E-state index is 10.6. The number of unbranched alkanes of at least 4 members (excludes halogenated alkanes) is 4. The molecule has 0 amide bonds. The van der Waals surface area contributed by atoms with Crippen LogP contribution >= 0.6 is 0 Å². The van der Waals surface area contributed by atoms with Gasteiger partial charge in [0.2, 0.25) is 6.79 Å². The molecule has 0 rings (SSSR count). The number of hydrogen-bond acceptors (Lipinski definition) is 11. The summed E-state index contributed by atoms with van der Waals surface area (Å²) >= 11 is 0. The predicted molar refractivity (Wildman–Crippen MR) is 165 cm³/mol. The van der Waals surface area contributed by atoms with Crippen molar-refractivity contribution in [1.82, 2.24) is 5.43 Å². The molecule has 0 fully saturated rings. The molecule has 0 aliphatic carbocycles. The van der Waals surface area contributed by atoms with Gasteiger partial charge in [-0.2, -0.15) is 11.8 Å². The fourth-order valence-corrected chi connectivity index (χ4v) is 1.75. The van der Waals surface area contributed by atoms with Crippen LogP contribution in [-0.2, 0) is 80.3 Å². The summed E-state index contributed by atoms with van der Waals surface area (Å²) < 4.78 is 27.5. The van der Waals surface area contributed by atoms with Crippen molar-refractivity contribution in [2.45, 2.75) is 81.1 Å². The molecule has 0 unspecified atom stereocenters. The SMILES string of the molecule is C.C.CCCCCCC.CN[N+](C)(C)CCOC(C)=O.COCC(=O)OCOC(=O)COC.COC[C-]=O.[CH2-]CC.[Cl-].[Y]. The zero-order valence-electron chi connectivity index (χ0n) is 27.2. The number of halogens is 1. The standard InChI is InChI=1S/C7H17N2O2.C7H12O6.C7H16.C3H5O2.C3H7.2CH4.ClH.Y/c1-7(10)11-6-5-9(3,4)8-2;1-10-3-6(8)12-5-13-7(9)4-11-2;1-3-5-7-6-4-2;1-5-3-2-4;1-3-2;;;;/h8H,5-6H2,1-4H3;3-5H2,1-2H3;3-7H2,1-2H3;3H2,1H3;1,3H2,2H3;2*1H4;1H;/q+1;;;2*-1;;;;/p-1. The Morgan fingerprint density at radius 2 is 1.21 bits per heavy atom. The Bertz CT molecular complexity index is 525. The van der Waals surface area contributed by atoms with Gasteiger partial charge in [-0.3, -0.25) is 4.79 Å². The average molecular weight is 726 g/mol. The molecule has 0 saturated carbocycles. The van der Waals surface area contributed by atoms with Crippen LogP contribution in [0.25, 0.3) is 0 Å². The van der Waals surface area contributed by atoms with Gasteiger partial charge < -0.3 is 52.5 Å². The van der Waals surface area contributed by atoms with E-state index in [0.29, 0.717) is 11.2 Å². The number of carbonyl (C=O) groups excluding carboxylic acids is 4. The van der Waals surface area contributed by atoms with Crippen LogP contribution in [0.4, 0.5) is 0 Å². The number of nitrogens with zero attached hydrogens (tertiary/aromatic N) is 1. The van der Waals surface area contributed by atoms with Crippen molar-refractivity contribution < 1.29 is 97.3 Å². The minimum atomic E-state index is -0.590. The van der Waals surface area contributed by atoms with Crippen molar-refractivity contribution in [2.75, 3.05) is 82.2 Å². The zero-order valence-corrected chi connectivity index (χ0v) is 30.8. The Morgan fingerprint density at radius 1 is 0.814 bits per heavy atom. The molecule has 0 spiro atoms. The normalized spacial score (nSPS) is 8.53. The van der Waals surface area contributed by atoms with E-state index in [1.54, 1.807) is 6.29 Å². The summed E-state index contributed by atoms with van der Waals surface area (Å²) in [7, 11) is 10.0. The van der Waals surface area contributed by atoms with Crippen molar-refractivity contribution in [3.8, 4) is 0 Å². The van der Waals surface area contributed by atoms with Gasteiger partial charge in [0.05, 0.1) is 14.1 Å². The molecule has 0 aromatic rings. The molecule has 0 heterocycles. The van der Waals surface area contributed by atoms with Crippen LogP contribution in [0.5, 0.6) is 0 Å².